The van der Waals surface area contributed by atoms with Crippen LogP contribution in [-0.4, -0.2) is 21.6 Å². The minimum atomic E-state index is -0.348. The first-order chi connectivity index (χ1) is 13.6. The Morgan fingerprint density at radius 1 is 1.04 bits per heavy atom. The molecule has 1 aliphatic rings. The molecule has 0 unspecified atom stereocenters. The zero-order valence-electron chi connectivity index (χ0n) is 15.0. The number of hydrogen-bond donors (Lipinski definition) is 2. The topological polar surface area (TPSA) is 93.1 Å². The van der Waals surface area contributed by atoms with Gasteiger partial charge in [-0.25, -0.2) is 4.68 Å². The number of fused-ring (bicyclic) bond motifs is 1. The third-order valence-electron chi connectivity index (χ3n) is 4.51. The van der Waals surface area contributed by atoms with Crippen LogP contribution >= 0.6 is 0 Å². The van der Waals surface area contributed by atoms with Crippen LogP contribution in [0.3, 0.4) is 0 Å². The zero-order chi connectivity index (χ0) is 19.5. The molecule has 2 amide bonds. The van der Waals surface area contributed by atoms with Crippen molar-refractivity contribution >= 4 is 23.2 Å². The Morgan fingerprint density at radius 3 is 2.68 bits per heavy atom. The van der Waals surface area contributed by atoms with E-state index in [0.717, 1.165) is 21.5 Å². The summed E-state index contributed by atoms with van der Waals surface area (Å²) in [6.45, 7) is -0.187. The molecule has 0 fully saturated rings. The zero-order valence-corrected chi connectivity index (χ0v) is 15.0. The van der Waals surface area contributed by atoms with Gasteiger partial charge in [0.2, 0.25) is 11.8 Å². The molecule has 0 saturated carbocycles. The first-order valence-corrected chi connectivity index (χ1v) is 8.95. The molecule has 2 aromatic carbocycles. The van der Waals surface area contributed by atoms with Crippen molar-refractivity contribution in [2.45, 2.75) is 19.4 Å². The van der Waals surface area contributed by atoms with E-state index in [1.165, 1.54) is 6.07 Å². The van der Waals surface area contributed by atoms with Crippen LogP contribution in [-0.2, 0) is 22.6 Å². The molecule has 2 N–H and O–H groups in total. The Kier molecular flexibility index (Phi) is 4.72. The number of amides is 2. The molecule has 2 heterocycles. The predicted octanol–water partition coefficient (Wildman–Crippen LogP) is 2.43. The van der Waals surface area contributed by atoms with E-state index >= 15 is 0 Å². The number of nitrogens with one attached hydrogen (secondary N) is 2. The van der Waals surface area contributed by atoms with Crippen molar-refractivity contribution in [2.75, 3.05) is 10.6 Å². The second-order valence-corrected chi connectivity index (χ2v) is 6.55. The summed E-state index contributed by atoms with van der Waals surface area (Å²) < 4.78 is 1.15. The molecule has 0 spiro atoms. The lowest BCUT2D eigenvalue weighted by atomic mass is 10.0. The normalized spacial score (nSPS) is 12.8. The molecule has 0 atom stereocenters. The molecule has 4 rings (SSSR count). The van der Waals surface area contributed by atoms with Gasteiger partial charge in [-0.1, -0.05) is 30.3 Å². The van der Waals surface area contributed by atoms with Crippen LogP contribution in [0.1, 0.15) is 12.0 Å². The van der Waals surface area contributed by atoms with Gasteiger partial charge in [0.05, 0.1) is 5.69 Å². The maximum absolute atomic E-state index is 12.4. The van der Waals surface area contributed by atoms with E-state index in [9.17, 15) is 14.4 Å². The minimum absolute atomic E-state index is 0.00645. The molecule has 7 nitrogen and oxygen atoms in total. The molecule has 1 aromatic heterocycles. The highest BCUT2D eigenvalue weighted by molar-refractivity contribution is 5.95. The molecular formula is C21H18N4O3. The Bertz CT molecular complexity index is 1110. The number of aryl methyl sites for hydroxylation is 1. The first-order valence-electron chi connectivity index (χ1n) is 8.95. The van der Waals surface area contributed by atoms with E-state index in [-0.39, 0.29) is 23.9 Å². The summed E-state index contributed by atoms with van der Waals surface area (Å²) in [5.74, 6) is -0.354. The Labute approximate surface area is 161 Å². The standard InChI is InChI=1S/C21H18N4O3/c26-19-10-6-15-12-16(7-8-17(15)23-19)22-20(27)13-25-21(28)11-9-18(24-25)14-4-2-1-3-5-14/h1-5,7-9,11-12H,6,10,13H2,(H,22,27)(H,23,26). The lowest BCUT2D eigenvalue weighted by Gasteiger charge is -2.17. The highest BCUT2D eigenvalue weighted by Crippen LogP contribution is 2.25. The fraction of sp³-hybridized carbons (Fsp3) is 0.143. The molecule has 3 aromatic rings. The molecule has 28 heavy (non-hydrogen) atoms. The van der Waals surface area contributed by atoms with Gasteiger partial charge in [0.15, 0.2) is 0 Å². The number of rotatable bonds is 4. The number of aromatic nitrogens is 2. The van der Waals surface area contributed by atoms with Gasteiger partial charge in [0.1, 0.15) is 6.54 Å². The van der Waals surface area contributed by atoms with Crippen molar-refractivity contribution < 1.29 is 9.59 Å². The maximum Gasteiger partial charge on any atom is 0.267 e. The third kappa shape index (κ3) is 3.83. The smallest absolute Gasteiger partial charge is 0.267 e. The van der Waals surface area contributed by atoms with E-state index in [4.69, 9.17) is 0 Å². The van der Waals surface area contributed by atoms with Gasteiger partial charge in [-0.05, 0) is 36.2 Å². The third-order valence-corrected chi connectivity index (χ3v) is 4.51. The molecule has 1 aliphatic heterocycles. The van der Waals surface area contributed by atoms with Crippen molar-refractivity contribution in [1.82, 2.24) is 9.78 Å². The van der Waals surface area contributed by atoms with E-state index in [2.05, 4.69) is 15.7 Å². The summed E-state index contributed by atoms with van der Waals surface area (Å²) in [5.41, 5.74) is 3.50. The SMILES string of the molecule is O=C(Cn1nc(-c2ccccc2)ccc1=O)Nc1ccc2c(c1)CCC(=O)N2. The fourth-order valence-corrected chi connectivity index (χ4v) is 3.12. The average Bonchev–Trinajstić information content (AvgIpc) is 2.70. The molecule has 0 bridgehead atoms. The van der Waals surface area contributed by atoms with Crippen LogP contribution < -0.4 is 16.2 Å². The Hall–Kier alpha value is -3.74. The van der Waals surface area contributed by atoms with Gasteiger partial charge in [-0.15, -0.1) is 0 Å². The lowest BCUT2D eigenvalue weighted by molar-refractivity contribution is -0.117. The Balaban J connectivity index is 1.50. The van der Waals surface area contributed by atoms with Crippen molar-refractivity contribution in [3.63, 3.8) is 0 Å². The van der Waals surface area contributed by atoms with Crippen LogP contribution in [0, 0.1) is 0 Å². The van der Waals surface area contributed by atoms with Gasteiger partial charge < -0.3 is 10.6 Å². The monoisotopic (exact) mass is 374 g/mol. The molecule has 0 radical (unpaired) electrons. The molecule has 140 valence electrons. The summed E-state index contributed by atoms with van der Waals surface area (Å²) in [5, 5.41) is 9.89. The number of hydrogen-bond acceptors (Lipinski definition) is 4. The molecule has 7 heteroatoms. The van der Waals surface area contributed by atoms with Crippen molar-refractivity contribution in [1.29, 1.82) is 0 Å². The highest BCUT2D eigenvalue weighted by Gasteiger charge is 2.15. The van der Waals surface area contributed by atoms with Crippen LogP contribution in [0.5, 0.6) is 0 Å². The van der Waals surface area contributed by atoms with E-state index in [1.54, 1.807) is 18.2 Å². The average molecular weight is 374 g/mol. The lowest BCUT2D eigenvalue weighted by Crippen LogP contribution is -2.29. The summed E-state index contributed by atoms with van der Waals surface area (Å²) in [6, 6.07) is 17.8. The van der Waals surface area contributed by atoms with Crippen LogP contribution in [0.25, 0.3) is 11.3 Å². The minimum Gasteiger partial charge on any atom is -0.326 e. The van der Waals surface area contributed by atoms with Crippen molar-refractivity contribution in [3.05, 3.63) is 76.6 Å². The van der Waals surface area contributed by atoms with Gasteiger partial charge >= 0.3 is 0 Å². The van der Waals surface area contributed by atoms with E-state index < -0.39 is 0 Å². The maximum atomic E-state index is 12.4. The number of benzene rings is 2. The molecule has 0 saturated heterocycles. The first kappa shape index (κ1) is 17.7. The number of carbonyl (C=O) groups excluding carboxylic acids is 2. The fourth-order valence-electron chi connectivity index (χ4n) is 3.12. The van der Waals surface area contributed by atoms with Crippen molar-refractivity contribution in [3.8, 4) is 11.3 Å². The Morgan fingerprint density at radius 2 is 1.86 bits per heavy atom. The van der Waals surface area contributed by atoms with Crippen molar-refractivity contribution in [2.24, 2.45) is 0 Å². The summed E-state index contributed by atoms with van der Waals surface area (Å²) in [6.07, 6.45) is 1.06. The molecular weight excluding hydrogens is 356 g/mol. The summed E-state index contributed by atoms with van der Waals surface area (Å²) >= 11 is 0. The van der Waals surface area contributed by atoms with Gasteiger partial charge in [-0.3, -0.25) is 14.4 Å². The number of carbonyl (C=O) groups is 2. The number of nitrogens with zero attached hydrogens (tertiary/aromatic N) is 2. The number of anilines is 2. The summed E-state index contributed by atoms with van der Waals surface area (Å²) in [7, 11) is 0. The van der Waals surface area contributed by atoms with Gasteiger partial charge in [0.25, 0.3) is 5.56 Å². The van der Waals surface area contributed by atoms with E-state index in [0.29, 0.717) is 24.2 Å². The van der Waals surface area contributed by atoms with Gasteiger partial charge in [0, 0.05) is 29.4 Å². The van der Waals surface area contributed by atoms with Crippen LogP contribution in [0.4, 0.5) is 11.4 Å². The second kappa shape index (κ2) is 7.48. The highest BCUT2D eigenvalue weighted by atomic mass is 16.2. The van der Waals surface area contributed by atoms with Crippen LogP contribution in [0.2, 0.25) is 0 Å². The second-order valence-electron chi connectivity index (χ2n) is 6.55. The largest absolute Gasteiger partial charge is 0.326 e. The van der Waals surface area contributed by atoms with Crippen LogP contribution in [0.15, 0.2) is 65.5 Å². The summed E-state index contributed by atoms with van der Waals surface area (Å²) in [4.78, 5) is 35.9. The molecule has 0 aliphatic carbocycles. The quantitative estimate of drug-likeness (QED) is 0.734. The van der Waals surface area contributed by atoms with E-state index in [1.807, 2.05) is 36.4 Å². The van der Waals surface area contributed by atoms with Gasteiger partial charge in [-0.2, -0.15) is 5.10 Å². The predicted molar refractivity (Wildman–Crippen MR) is 106 cm³/mol.